The van der Waals surface area contributed by atoms with Crippen LogP contribution in [0.3, 0.4) is 0 Å². The number of carbonyl (C=O) groups is 1. The fraction of sp³-hybridized carbons (Fsp3) is 0.381. The molecule has 2 aromatic carbocycles. The maximum Gasteiger partial charge on any atom is 0.411 e. The van der Waals surface area contributed by atoms with Gasteiger partial charge in [0.2, 0.25) is 0 Å². The number of ether oxygens (including phenoxy) is 2. The van der Waals surface area contributed by atoms with Crippen LogP contribution in [0.5, 0.6) is 0 Å². The number of halogens is 1. The lowest BCUT2D eigenvalue weighted by atomic mass is 10.1. The number of rotatable bonds is 5. The first kappa shape index (κ1) is 18.7. The topological polar surface area (TPSA) is 54.0 Å². The second-order valence-electron chi connectivity index (χ2n) is 7.07. The van der Waals surface area contributed by atoms with Crippen LogP contribution in [0.25, 0.3) is 0 Å². The Morgan fingerprint density at radius 2 is 1.86 bits per heavy atom. The van der Waals surface area contributed by atoms with Crippen LogP contribution in [0.1, 0.15) is 5.56 Å². The largest absolute Gasteiger partial charge is 0.444 e. The van der Waals surface area contributed by atoms with Crippen molar-refractivity contribution in [3.63, 3.8) is 0 Å². The third-order valence-corrected chi connectivity index (χ3v) is 5.20. The van der Waals surface area contributed by atoms with Crippen LogP contribution in [0.2, 0.25) is 0 Å². The fourth-order valence-electron chi connectivity index (χ4n) is 3.48. The van der Waals surface area contributed by atoms with Gasteiger partial charge in [-0.15, -0.1) is 0 Å². The first-order valence-corrected chi connectivity index (χ1v) is 9.53. The van der Waals surface area contributed by atoms with Crippen LogP contribution >= 0.6 is 0 Å². The number of anilines is 2. The quantitative estimate of drug-likeness (QED) is 0.857. The molecule has 0 unspecified atom stereocenters. The average molecular weight is 385 g/mol. The Morgan fingerprint density at radius 3 is 2.50 bits per heavy atom. The Kier molecular flexibility index (Phi) is 5.73. The van der Waals surface area contributed by atoms with E-state index in [1.165, 1.54) is 6.07 Å². The molecule has 2 aliphatic rings. The van der Waals surface area contributed by atoms with Gasteiger partial charge in [-0.3, -0.25) is 10.2 Å². The second-order valence-corrected chi connectivity index (χ2v) is 7.07. The van der Waals surface area contributed by atoms with Crippen molar-refractivity contribution < 1.29 is 18.7 Å². The molecule has 28 heavy (non-hydrogen) atoms. The lowest BCUT2D eigenvalue weighted by Crippen LogP contribution is -2.56. The molecule has 4 rings (SSSR count). The normalized spacial score (nSPS) is 17.8. The molecule has 0 atom stereocenters. The maximum absolute atomic E-state index is 14.6. The molecule has 6 nitrogen and oxygen atoms in total. The summed E-state index contributed by atoms with van der Waals surface area (Å²) in [5, 5.41) is 2.58. The van der Waals surface area contributed by atoms with E-state index in [1.54, 1.807) is 12.1 Å². The van der Waals surface area contributed by atoms with Gasteiger partial charge in [0.05, 0.1) is 24.9 Å². The molecular weight excluding hydrogens is 361 g/mol. The summed E-state index contributed by atoms with van der Waals surface area (Å²) in [6, 6.07) is 14.7. The second kappa shape index (κ2) is 8.58. The van der Waals surface area contributed by atoms with E-state index in [9.17, 15) is 9.18 Å². The Labute approximate surface area is 163 Å². The highest BCUT2D eigenvalue weighted by Gasteiger charge is 2.29. The number of nitrogens with one attached hydrogen (secondary N) is 1. The first-order valence-electron chi connectivity index (χ1n) is 9.53. The monoisotopic (exact) mass is 385 g/mol. The Bertz CT molecular complexity index is 806. The van der Waals surface area contributed by atoms with Crippen LogP contribution < -0.4 is 10.2 Å². The summed E-state index contributed by atoms with van der Waals surface area (Å²) in [4.78, 5) is 16.4. The van der Waals surface area contributed by atoms with Gasteiger partial charge in [0.15, 0.2) is 0 Å². The molecule has 148 valence electrons. The highest BCUT2D eigenvalue weighted by molar-refractivity contribution is 5.85. The standard InChI is InChI=1S/C21H24FN3O3/c22-19-12-17(23-21(26)28-13-16-4-2-1-3-5-16)6-7-20(19)25-10-8-24(9-11-25)18-14-27-15-18/h1-7,12,18H,8-11,13-15H2,(H,23,26). The molecule has 0 aliphatic carbocycles. The van der Waals surface area contributed by atoms with Crippen molar-refractivity contribution in [1.29, 1.82) is 0 Å². The highest BCUT2D eigenvalue weighted by Crippen LogP contribution is 2.25. The van der Waals surface area contributed by atoms with Crippen molar-refractivity contribution >= 4 is 17.5 Å². The van der Waals surface area contributed by atoms with E-state index < -0.39 is 6.09 Å². The van der Waals surface area contributed by atoms with E-state index in [4.69, 9.17) is 9.47 Å². The number of nitrogens with zero attached hydrogens (tertiary/aromatic N) is 2. The smallest absolute Gasteiger partial charge is 0.411 e. The van der Waals surface area contributed by atoms with Crippen LogP contribution in [0.15, 0.2) is 48.5 Å². The molecule has 0 spiro atoms. The van der Waals surface area contributed by atoms with E-state index in [1.807, 2.05) is 35.2 Å². The van der Waals surface area contributed by atoms with E-state index in [0.29, 0.717) is 17.4 Å². The van der Waals surface area contributed by atoms with Crippen molar-refractivity contribution in [3.05, 3.63) is 59.9 Å². The molecule has 1 N–H and O–H groups in total. The summed E-state index contributed by atoms with van der Waals surface area (Å²) in [6.07, 6.45) is -0.604. The SMILES string of the molecule is O=C(Nc1ccc(N2CCN(C3COC3)CC2)c(F)c1)OCc1ccccc1. The number of benzene rings is 2. The zero-order chi connectivity index (χ0) is 19.3. The number of amides is 1. The Morgan fingerprint density at radius 1 is 1.11 bits per heavy atom. The van der Waals surface area contributed by atoms with E-state index in [2.05, 4.69) is 10.2 Å². The highest BCUT2D eigenvalue weighted by atomic mass is 19.1. The minimum atomic E-state index is -0.604. The molecule has 2 heterocycles. The third-order valence-electron chi connectivity index (χ3n) is 5.20. The molecule has 0 saturated carbocycles. The van der Waals surface area contributed by atoms with E-state index in [-0.39, 0.29) is 12.4 Å². The van der Waals surface area contributed by atoms with Crippen molar-refractivity contribution in [1.82, 2.24) is 4.90 Å². The van der Waals surface area contributed by atoms with E-state index >= 15 is 0 Å². The van der Waals surface area contributed by atoms with Crippen molar-refractivity contribution in [2.24, 2.45) is 0 Å². The molecule has 1 amide bonds. The van der Waals surface area contributed by atoms with Crippen LogP contribution in [0.4, 0.5) is 20.6 Å². The minimum Gasteiger partial charge on any atom is -0.444 e. The van der Waals surface area contributed by atoms with Gasteiger partial charge in [-0.25, -0.2) is 9.18 Å². The fourth-order valence-corrected chi connectivity index (χ4v) is 3.48. The zero-order valence-corrected chi connectivity index (χ0v) is 15.6. The third kappa shape index (κ3) is 4.43. The molecule has 2 saturated heterocycles. The van der Waals surface area contributed by atoms with Gasteiger partial charge in [0, 0.05) is 31.9 Å². The molecule has 7 heteroatoms. The molecule has 2 aromatic rings. The summed E-state index contributed by atoms with van der Waals surface area (Å²) in [5.41, 5.74) is 1.84. The summed E-state index contributed by atoms with van der Waals surface area (Å²) in [6.45, 7) is 5.13. The number of hydrogen-bond donors (Lipinski definition) is 1. The van der Waals surface area contributed by atoms with E-state index in [0.717, 1.165) is 45.0 Å². The van der Waals surface area contributed by atoms with Crippen LogP contribution in [0, 0.1) is 5.82 Å². The predicted octanol–water partition coefficient (Wildman–Crippen LogP) is 3.10. The van der Waals surface area contributed by atoms with Gasteiger partial charge < -0.3 is 14.4 Å². The molecule has 0 aromatic heterocycles. The van der Waals surface area contributed by atoms with Gasteiger partial charge >= 0.3 is 6.09 Å². The molecule has 2 fully saturated rings. The number of piperazine rings is 1. The van der Waals surface area contributed by atoms with Crippen molar-refractivity contribution in [2.75, 3.05) is 49.6 Å². The minimum absolute atomic E-state index is 0.170. The molecular formula is C21H24FN3O3. The average Bonchev–Trinajstić information content (AvgIpc) is 2.67. The molecule has 0 radical (unpaired) electrons. The first-order chi connectivity index (χ1) is 13.7. The van der Waals surface area contributed by atoms with Crippen LogP contribution in [-0.4, -0.2) is 56.4 Å². The summed E-state index contributed by atoms with van der Waals surface area (Å²) >= 11 is 0. The predicted molar refractivity (Wildman–Crippen MR) is 105 cm³/mol. The lowest BCUT2D eigenvalue weighted by Gasteiger charge is -2.43. The number of carbonyl (C=O) groups excluding carboxylic acids is 1. The van der Waals surface area contributed by atoms with Gasteiger partial charge in [0.1, 0.15) is 12.4 Å². The molecule has 0 bridgehead atoms. The van der Waals surface area contributed by atoms with Gasteiger partial charge in [-0.2, -0.15) is 0 Å². The van der Waals surface area contributed by atoms with Gasteiger partial charge in [0.25, 0.3) is 0 Å². The Hall–Kier alpha value is -2.64. The summed E-state index contributed by atoms with van der Waals surface area (Å²) < 4.78 is 25.0. The van der Waals surface area contributed by atoms with Crippen molar-refractivity contribution in [2.45, 2.75) is 12.6 Å². The Balaban J connectivity index is 1.29. The van der Waals surface area contributed by atoms with Gasteiger partial charge in [-0.05, 0) is 23.8 Å². The maximum atomic E-state index is 14.6. The zero-order valence-electron chi connectivity index (χ0n) is 15.6. The number of hydrogen-bond acceptors (Lipinski definition) is 5. The van der Waals surface area contributed by atoms with Crippen molar-refractivity contribution in [3.8, 4) is 0 Å². The summed E-state index contributed by atoms with van der Waals surface area (Å²) in [5.74, 6) is -0.346. The summed E-state index contributed by atoms with van der Waals surface area (Å²) in [7, 11) is 0. The van der Waals surface area contributed by atoms with Gasteiger partial charge in [-0.1, -0.05) is 30.3 Å². The lowest BCUT2D eigenvalue weighted by molar-refractivity contribution is -0.0660. The molecule has 2 aliphatic heterocycles. The van der Waals surface area contributed by atoms with Crippen LogP contribution in [-0.2, 0) is 16.1 Å².